The number of fused-ring (bicyclic) bond motifs is 2. The summed E-state index contributed by atoms with van der Waals surface area (Å²) in [5.74, 6) is -0.830. The van der Waals surface area contributed by atoms with Gasteiger partial charge in [-0.25, -0.2) is 8.78 Å². The lowest BCUT2D eigenvalue weighted by Crippen LogP contribution is -2.50. The van der Waals surface area contributed by atoms with Crippen molar-refractivity contribution in [2.24, 2.45) is 0 Å². The number of benzene rings is 3. The lowest BCUT2D eigenvalue weighted by atomic mass is 10.0. The average molecular weight is 436 g/mol. The Labute approximate surface area is 182 Å². The van der Waals surface area contributed by atoms with Gasteiger partial charge in [0.05, 0.1) is 12.2 Å². The molecule has 0 N–H and O–H groups in total. The first-order valence-corrected chi connectivity index (χ1v) is 10.9. The third-order valence-corrected chi connectivity index (χ3v) is 7.14. The van der Waals surface area contributed by atoms with E-state index in [0.29, 0.717) is 34.7 Å². The van der Waals surface area contributed by atoms with Gasteiger partial charge in [-0.15, -0.1) is 11.8 Å². The van der Waals surface area contributed by atoms with Gasteiger partial charge in [0.15, 0.2) is 4.87 Å². The van der Waals surface area contributed by atoms with Crippen molar-refractivity contribution in [3.05, 3.63) is 101 Å². The summed E-state index contributed by atoms with van der Waals surface area (Å²) in [5, 5.41) is 0. The van der Waals surface area contributed by atoms with Crippen molar-refractivity contribution in [1.29, 1.82) is 0 Å². The third kappa shape index (κ3) is 3.03. The highest BCUT2D eigenvalue weighted by Crippen LogP contribution is 2.54. The summed E-state index contributed by atoms with van der Waals surface area (Å²) in [6.45, 7) is 0.456. The molecule has 2 heterocycles. The number of carbonyl (C=O) groups excluding carboxylic acids is 2. The highest BCUT2D eigenvalue weighted by atomic mass is 32.2. The number of rotatable bonds is 3. The van der Waals surface area contributed by atoms with Crippen molar-refractivity contribution in [2.45, 2.75) is 11.4 Å². The van der Waals surface area contributed by atoms with E-state index in [-0.39, 0.29) is 24.2 Å². The van der Waals surface area contributed by atoms with E-state index in [0.717, 1.165) is 0 Å². The first kappa shape index (κ1) is 19.8. The summed E-state index contributed by atoms with van der Waals surface area (Å²) >= 11 is 1.40. The van der Waals surface area contributed by atoms with Crippen molar-refractivity contribution in [1.82, 2.24) is 4.90 Å². The number of hydrogen-bond acceptors (Lipinski definition) is 3. The molecule has 3 aromatic rings. The van der Waals surface area contributed by atoms with E-state index in [2.05, 4.69) is 0 Å². The standard InChI is InChI=1S/C24H18F2N2O2S/c25-18-11-9-16(10-12-18)22(29)28-13-14-31-24(28)19-6-2-4-8-21(19)27(23(24)30)15-17-5-1-3-7-20(17)26/h1-12H,13-15H2/t24-/m0/s1. The normalized spacial score (nSPS) is 19.9. The Balaban J connectivity index is 1.58. The van der Waals surface area contributed by atoms with Crippen LogP contribution in [0.3, 0.4) is 0 Å². The van der Waals surface area contributed by atoms with E-state index in [9.17, 15) is 18.4 Å². The first-order valence-electron chi connectivity index (χ1n) is 9.89. The molecule has 2 amide bonds. The number of amides is 2. The second-order valence-electron chi connectivity index (χ2n) is 7.46. The SMILES string of the molecule is O=C(c1ccc(F)cc1)N1CCS[C@@]12C(=O)N(Cc1ccccc1F)c1ccccc12. The van der Waals surface area contributed by atoms with Gasteiger partial charge in [-0.1, -0.05) is 36.4 Å². The smallest absolute Gasteiger partial charge is 0.268 e. The largest absolute Gasteiger partial charge is 0.311 e. The topological polar surface area (TPSA) is 40.6 Å². The van der Waals surface area contributed by atoms with Gasteiger partial charge in [0.2, 0.25) is 0 Å². The van der Waals surface area contributed by atoms with Crippen LogP contribution in [0.5, 0.6) is 0 Å². The summed E-state index contributed by atoms with van der Waals surface area (Å²) in [4.78, 5) is 29.1. The molecular weight excluding hydrogens is 418 g/mol. The molecule has 31 heavy (non-hydrogen) atoms. The molecule has 1 atom stereocenters. The van der Waals surface area contributed by atoms with Gasteiger partial charge in [0, 0.05) is 29.0 Å². The lowest BCUT2D eigenvalue weighted by Gasteiger charge is -2.33. The first-order chi connectivity index (χ1) is 15.0. The molecular formula is C24H18F2N2O2S. The molecule has 7 heteroatoms. The van der Waals surface area contributed by atoms with Crippen molar-refractivity contribution in [3.63, 3.8) is 0 Å². The minimum atomic E-state index is -1.21. The Morgan fingerprint density at radius 2 is 1.68 bits per heavy atom. The Morgan fingerprint density at radius 3 is 2.45 bits per heavy atom. The number of hydrogen-bond donors (Lipinski definition) is 0. The number of anilines is 1. The molecule has 0 aromatic heterocycles. The zero-order valence-corrected chi connectivity index (χ0v) is 17.2. The predicted octanol–water partition coefficient (Wildman–Crippen LogP) is 4.55. The lowest BCUT2D eigenvalue weighted by molar-refractivity contribution is -0.123. The maximum absolute atomic E-state index is 14.3. The van der Waals surface area contributed by atoms with Crippen LogP contribution in [0.4, 0.5) is 14.5 Å². The van der Waals surface area contributed by atoms with Crippen LogP contribution in [0.1, 0.15) is 21.5 Å². The van der Waals surface area contributed by atoms with Crippen LogP contribution in [-0.4, -0.2) is 29.0 Å². The van der Waals surface area contributed by atoms with Gasteiger partial charge in [0.1, 0.15) is 11.6 Å². The van der Waals surface area contributed by atoms with Gasteiger partial charge in [-0.05, 0) is 36.4 Å². The molecule has 2 aliphatic heterocycles. The van der Waals surface area contributed by atoms with Crippen molar-refractivity contribution < 1.29 is 18.4 Å². The Morgan fingerprint density at radius 1 is 0.968 bits per heavy atom. The predicted molar refractivity (Wildman–Crippen MR) is 116 cm³/mol. The van der Waals surface area contributed by atoms with E-state index in [1.807, 2.05) is 24.3 Å². The van der Waals surface area contributed by atoms with Gasteiger partial charge < -0.3 is 9.80 Å². The van der Waals surface area contributed by atoms with Crippen LogP contribution < -0.4 is 4.90 Å². The molecule has 1 saturated heterocycles. The van der Waals surface area contributed by atoms with E-state index >= 15 is 0 Å². The fourth-order valence-corrected chi connectivity index (χ4v) is 5.73. The zero-order valence-electron chi connectivity index (χ0n) is 16.4. The van der Waals surface area contributed by atoms with Crippen molar-refractivity contribution in [3.8, 4) is 0 Å². The summed E-state index contributed by atoms with van der Waals surface area (Å²) in [6, 6.07) is 19.0. The molecule has 0 saturated carbocycles. The number of para-hydroxylation sites is 1. The van der Waals surface area contributed by atoms with Crippen molar-refractivity contribution in [2.75, 3.05) is 17.2 Å². The molecule has 1 spiro atoms. The highest BCUT2D eigenvalue weighted by Gasteiger charge is 2.59. The zero-order chi connectivity index (χ0) is 21.6. The fourth-order valence-electron chi connectivity index (χ4n) is 4.27. The summed E-state index contributed by atoms with van der Waals surface area (Å²) < 4.78 is 27.7. The summed E-state index contributed by atoms with van der Waals surface area (Å²) in [6.07, 6.45) is 0. The summed E-state index contributed by atoms with van der Waals surface area (Å²) in [5.41, 5.74) is 2.11. The van der Waals surface area contributed by atoms with Gasteiger partial charge >= 0.3 is 0 Å². The minimum Gasteiger partial charge on any atom is -0.311 e. The Bertz CT molecular complexity index is 1180. The highest BCUT2D eigenvalue weighted by molar-refractivity contribution is 8.01. The molecule has 4 nitrogen and oxygen atoms in total. The Hall–Kier alpha value is -3.19. The molecule has 2 aliphatic rings. The Kier molecular flexibility index (Phi) is 4.78. The van der Waals surface area contributed by atoms with Gasteiger partial charge in [-0.2, -0.15) is 0 Å². The van der Waals surface area contributed by atoms with Crippen LogP contribution >= 0.6 is 11.8 Å². The van der Waals surface area contributed by atoms with E-state index < -0.39 is 10.7 Å². The second kappa shape index (κ2) is 7.50. The van der Waals surface area contributed by atoms with E-state index in [4.69, 9.17) is 0 Å². The van der Waals surface area contributed by atoms with Crippen molar-refractivity contribution >= 4 is 29.3 Å². The molecule has 5 rings (SSSR count). The number of halogens is 2. The molecule has 156 valence electrons. The van der Waals surface area contributed by atoms with E-state index in [1.54, 1.807) is 28.0 Å². The van der Waals surface area contributed by atoms with E-state index in [1.165, 1.54) is 42.1 Å². The molecule has 0 unspecified atom stereocenters. The summed E-state index contributed by atoms with van der Waals surface area (Å²) in [7, 11) is 0. The molecule has 3 aromatic carbocycles. The minimum absolute atomic E-state index is 0.0728. The second-order valence-corrected chi connectivity index (χ2v) is 8.74. The van der Waals surface area contributed by atoms with Crippen LogP contribution in [0.15, 0.2) is 72.8 Å². The fraction of sp³-hybridized carbons (Fsp3) is 0.167. The number of carbonyl (C=O) groups is 2. The number of thioether (sulfide) groups is 1. The van der Waals surface area contributed by atoms with Crippen LogP contribution in [-0.2, 0) is 16.2 Å². The van der Waals surface area contributed by atoms with Crippen LogP contribution in [0.25, 0.3) is 0 Å². The molecule has 0 aliphatic carbocycles. The quantitative estimate of drug-likeness (QED) is 0.605. The average Bonchev–Trinajstić information content (AvgIpc) is 3.32. The van der Waals surface area contributed by atoms with Gasteiger partial charge in [0.25, 0.3) is 11.8 Å². The maximum Gasteiger partial charge on any atom is 0.268 e. The third-order valence-electron chi connectivity index (χ3n) is 5.72. The molecule has 1 fully saturated rings. The molecule has 0 radical (unpaired) electrons. The molecule has 0 bridgehead atoms. The monoisotopic (exact) mass is 436 g/mol. The maximum atomic E-state index is 14.3. The van der Waals surface area contributed by atoms with Crippen LogP contribution in [0, 0.1) is 11.6 Å². The van der Waals surface area contributed by atoms with Gasteiger partial charge in [-0.3, -0.25) is 9.59 Å². The van der Waals surface area contributed by atoms with Crippen LogP contribution in [0.2, 0.25) is 0 Å². The number of nitrogens with zero attached hydrogens (tertiary/aromatic N) is 2.